The van der Waals surface area contributed by atoms with E-state index in [0.717, 1.165) is 28.0 Å². The zero-order chi connectivity index (χ0) is 32.5. The standard InChI is InChI=1S/C38H54O5Si/c1-24(2)44(25(3)4,26(5)6)43-31-19-15-12-16-28(31)20-21-34(39)42-33-22-32-35(8,9)36(33,10)37(40)23-27(7)29-17-13-14-18-30(29)38(32,37)41-11/h12-19,24-26,32-33,40H,7,20-23H2,1-6,8-11H3. The smallest absolute Gasteiger partial charge is 0.306 e. The number of hydrogen-bond donors (Lipinski definition) is 1. The third-order valence-corrected chi connectivity index (χ3v) is 18.6. The highest BCUT2D eigenvalue weighted by Gasteiger charge is 2.85. The molecule has 5 atom stereocenters. The second kappa shape index (κ2) is 11.1. The van der Waals surface area contributed by atoms with Gasteiger partial charge in [0.25, 0.3) is 8.32 Å². The van der Waals surface area contributed by atoms with E-state index in [2.05, 4.69) is 93.2 Å². The lowest BCUT2D eigenvalue weighted by Gasteiger charge is -2.58. The highest BCUT2D eigenvalue weighted by Crippen LogP contribution is 2.79. The van der Waals surface area contributed by atoms with E-state index in [1.54, 1.807) is 7.11 Å². The van der Waals surface area contributed by atoms with Gasteiger partial charge < -0.3 is 19.0 Å². The number of ether oxygens (including phenoxy) is 2. The Morgan fingerprint density at radius 3 is 2.18 bits per heavy atom. The summed E-state index contributed by atoms with van der Waals surface area (Å²) in [4.78, 5) is 13.6. The number of benzene rings is 2. The molecule has 3 aliphatic rings. The Balaban J connectivity index is 1.39. The number of hydrogen-bond acceptors (Lipinski definition) is 5. The van der Waals surface area contributed by atoms with Gasteiger partial charge in [0.05, 0.1) is 0 Å². The number of aryl methyl sites for hydroxylation is 1. The van der Waals surface area contributed by atoms with Crippen LogP contribution in [0.5, 0.6) is 5.75 Å². The summed E-state index contributed by atoms with van der Waals surface area (Å²) in [6.07, 6.45) is 1.37. The molecule has 0 aromatic heterocycles. The predicted octanol–water partition coefficient (Wildman–Crippen LogP) is 8.84. The first-order valence-electron chi connectivity index (χ1n) is 16.6. The lowest BCUT2D eigenvalue weighted by atomic mass is 9.54. The summed E-state index contributed by atoms with van der Waals surface area (Å²) >= 11 is 0. The molecular formula is C38H54O5Si. The molecule has 0 heterocycles. The Labute approximate surface area is 266 Å². The Morgan fingerprint density at radius 1 is 0.977 bits per heavy atom. The van der Waals surface area contributed by atoms with Gasteiger partial charge in [-0.15, -0.1) is 0 Å². The van der Waals surface area contributed by atoms with Crippen molar-refractivity contribution in [3.05, 3.63) is 71.8 Å². The van der Waals surface area contributed by atoms with E-state index in [-0.39, 0.29) is 23.7 Å². The van der Waals surface area contributed by atoms with Gasteiger partial charge >= 0.3 is 5.97 Å². The van der Waals surface area contributed by atoms with Crippen LogP contribution in [0, 0.1) is 16.7 Å². The Kier molecular flexibility index (Phi) is 8.34. The van der Waals surface area contributed by atoms with Crippen molar-refractivity contribution in [2.45, 2.75) is 122 Å². The molecule has 0 saturated heterocycles. The normalized spacial score (nSPS) is 30.5. The average molecular weight is 619 g/mol. The molecule has 0 aliphatic heterocycles. The van der Waals surface area contributed by atoms with Crippen molar-refractivity contribution < 1.29 is 23.8 Å². The van der Waals surface area contributed by atoms with Crippen molar-refractivity contribution in [1.82, 2.24) is 0 Å². The summed E-state index contributed by atoms with van der Waals surface area (Å²) in [7, 11) is -0.436. The maximum atomic E-state index is 13.6. The summed E-state index contributed by atoms with van der Waals surface area (Å²) in [5.41, 5.74) is 2.06. The molecule has 2 fully saturated rings. The number of para-hydroxylation sites is 1. The van der Waals surface area contributed by atoms with E-state index in [4.69, 9.17) is 13.9 Å². The zero-order valence-electron chi connectivity index (χ0n) is 28.6. The van der Waals surface area contributed by atoms with Crippen LogP contribution in [0.4, 0.5) is 0 Å². The molecule has 1 N–H and O–H groups in total. The number of fused-ring (bicyclic) bond motifs is 7. The van der Waals surface area contributed by atoms with Gasteiger partial charge in [0, 0.05) is 31.3 Å². The highest BCUT2D eigenvalue weighted by atomic mass is 28.4. The van der Waals surface area contributed by atoms with Gasteiger partial charge in [-0.05, 0) is 63.2 Å². The second-order valence-electron chi connectivity index (χ2n) is 15.3. The predicted molar refractivity (Wildman–Crippen MR) is 180 cm³/mol. The molecule has 5 unspecified atom stereocenters. The van der Waals surface area contributed by atoms with Crippen LogP contribution in [0.1, 0.15) is 98.3 Å². The molecule has 2 saturated carbocycles. The fourth-order valence-electron chi connectivity index (χ4n) is 10.3. The molecule has 3 aliphatic carbocycles. The summed E-state index contributed by atoms with van der Waals surface area (Å²) in [5.74, 6) is 0.614. The van der Waals surface area contributed by atoms with E-state index < -0.39 is 31.0 Å². The van der Waals surface area contributed by atoms with Gasteiger partial charge in [-0.2, -0.15) is 0 Å². The molecule has 6 heteroatoms. The van der Waals surface area contributed by atoms with Crippen LogP contribution in [0.2, 0.25) is 16.6 Å². The van der Waals surface area contributed by atoms with Crippen LogP contribution >= 0.6 is 0 Å². The van der Waals surface area contributed by atoms with Crippen molar-refractivity contribution in [1.29, 1.82) is 0 Å². The maximum Gasteiger partial charge on any atom is 0.306 e. The molecular weight excluding hydrogens is 564 g/mol. The molecule has 2 bridgehead atoms. The first-order valence-corrected chi connectivity index (χ1v) is 18.7. The Morgan fingerprint density at radius 2 is 1.57 bits per heavy atom. The lowest BCUT2D eigenvalue weighted by Crippen LogP contribution is -2.66. The van der Waals surface area contributed by atoms with Gasteiger partial charge in [-0.3, -0.25) is 4.79 Å². The first-order chi connectivity index (χ1) is 20.6. The molecule has 0 amide bonds. The third kappa shape index (κ3) is 4.19. The number of methoxy groups -OCH3 is 1. The van der Waals surface area contributed by atoms with E-state index in [0.29, 0.717) is 35.9 Å². The van der Waals surface area contributed by atoms with Crippen molar-refractivity contribution in [3.63, 3.8) is 0 Å². The summed E-state index contributed by atoms with van der Waals surface area (Å²) in [6, 6.07) is 16.3. The number of carbonyl (C=O) groups is 1. The van der Waals surface area contributed by atoms with Gasteiger partial charge in [-0.1, -0.05) is 111 Å². The minimum absolute atomic E-state index is 0.0441. The number of carbonyl (C=O) groups excluding carboxylic acids is 1. The molecule has 44 heavy (non-hydrogen) atoms. The van der Waals surface area contributed by atoms with E-state index in [1.807, 2.05) is 24.3 Å². The first kappa shape index (κ1) is 33.0. The van der Waals surface area contributed by atoms with E-state index >= 15 is 0 Å². The Hall–Kier alpha value is -2.41. The van der Waals surface area contributed by atoms with Crippen LogP contribution in [-0.2, 0) is 26.3 Å². The SMILES string of the molecule is C=C1CC2(O)C(OC)(c3ccccc31)C1CC(OC(=O)CCc3ccccc3O[Si](C(C)C)(C(C)C)C(C)C)C2(C)C1(C)C. The molecule has 2 aromatic carbocycles. The maximum absolute atomic E-state index is 13.6. The average Bonchev–Trinajstić information content (AvgIpc) is 3.22. The minimum Gasteiger partial charge on any atom is -0.543 e. The number of esters is 1. The second-order valence-corrected chi connectivity index (χ2v) is 20.7. The largest absolute Gasteiger partial charge is 0.543 e. The lowest BCUT2D eigenvalue weighted by molar-refractivity contribution is -0.254. The van der Waals surface area contributed by atoms with E-state index in [1.165, 1.54) is 0 Å². The van der Waals surface area contributed by atoms with E-state index in [9.17, 15) is 9.90 Å². The van der Waals surface area contributed by atoms with Gasteiger partial charge in [-0.25, -0.2) is 0 Å². The number of aliphatic hydroxyl groups is 1. The van der Waals surface area contributed by atoms with Crippen LogP contribution in [0.25, 0.3) is 5.57 Å². The van der Waals surface area contributed by atoms with Gasteiger partial charge in [0.2, 0.25) is 0 Å². The fourth-order valence-corrected chi connectivity index (χ4v) is 15.6. The van der Waals surface area contributed by atoms with Crippen LogP contribution in [0.15, 0.2) is 55.1 Å². The van der Waals surface area contributed by atoms with Crippen molar-refractivity contribution in [2.24, 2.45) is 16.7 Å². The summed E-state index contributed by atoms with van der Waals surface area (Å²) in [6.45, 7) is 24.6. The minimum atomic E-state index is -2.15. The number of rotatable bonds is 10. The third-order valence-electron chi connectivity index (χ3n) is 12.6. The zero-order valence-corrected chi connectivity index (χ0v) is 29.6. The molecule has 240 valence electrons. The Bertz CT molecular complexity index is 1410. The molecule has 2 aromatic rings. The summed E-state index contributed by atoms with van der Waals surface area (Å²) < 4.78 is 19.8. The van der Waals surface area contributed by atoms with Crippen LogP contribution < -0.4 is 4.43 Å². The molecule has 0 radical (unpaired) electrons. The monoisotopic (exact) mass is 618 g/mol. The molecule has 5 nitrogen and oxygen atoms in total. The topological polar surface area (TPSA) is 65.0 Å². The molecule has 5 rings (SSSR count). The molecule has 0 spiro atoms. The van der Waals surface area contributed by atoms with Crippen LogP contribution in [-0.4, -0.2) is 38.2 Å². The van der Waals surface area contributed by atoms with Gasteiger partial charge in [0.15, 0.2) is 0 Å². The van der Waals surface area contributed by atoms with Crippen molar-refractivity contribution in [2.75, 3.05) is 7.11 Å². The quantitative estimate of drug-likeness (QED) is 0.213. The van der Waals surface area contributed by atoms with Crippen molar-refractivity contribution in [3.8, 4) is 5.75 Å². The van der Waals surface area contributed by atoms with Crippen LogP contribution in [0.3, 0.4) is 0 Å². The highest BCUT2D eigenvalue weighted by molar-refractivity contribution is 6.78. The fraction of sp³-hybridized carbons (Fsp3) is 0.605. The summed E-state index contributed by atoms with van der Waals surface area (Å²) in [5, 5.41) is 12.8. The van der Waals surface area contributed by atoms with Crippen molar-refractivity contribution >= 4 is 19.9 Å². The van der Waals surface area contributed by atoms with Gasteiger partial charge in [0.1, 0.15) is 23.1 Å².